The standard InChI is InChI=1S/C10H15NO.2C9H13NO.C7H14O.C7H16O/c1-8(2)12-9(3)10-6-4-5-7-11-10;1-8(2)11-7-9-3-5-10-6-4-9;1-8(2)11-7-9-4-3-5-10-6-9;1-6(2)8-5-7-3-4-7;1-6(2)5-8-7(3)4/h4-9H,1-3H3;2*3-6,8H,7H2,1-2H3;6-7H,3-5H2,1-2H3;6-7H,5H2,1-4H3. The summed E-state index contributed by atoms with van der Waals surface area (Å²) in [6, 6.07) is 13.7. The number of pyridine rings is 3. The zero-order chi connectivity index (χ0) is 37.7. The maximum absolute atomic E-state index is 5.57. The number of hydrogen-bond donors (Lipinski definition) is 0. The van der Waals surface area contributed by atoms with Crippen LogP contribution in [0.4, 0.5) is 0 Å². The van der Waals surface area contributed by atoms with Crippen molar-refractivity contribution in [2.45, 2.75) is 153 Å². The fourth-order valence-corrected chi connectivity index (χ4v) is 3.58. The lowest BCUT2D eigenvalue weighted by Gasteiger charge is -2.14. The lowest BCUT2D eigenvalue weighted by molar-refractivity contribution is 0.0155. The van der Waals surface area contributed by atoms with Gasteiger partial charge in [-0.2, -0.15) is 0 Å². The number of ether oxygens (including phenoxy) is 5. The Balaban J connectivity index is 0.000000606. The molecule has 1 atom stereocenters. The molecule has 0 saturated heterocycles. The monoisotopic (exact) mass is 698 g/mol. The van der Waals surface area contributed by atoms with Crippen LogP contribution in [0.25, 0.3) is 0 Å². The Morgan fingerprint density at radius 2 is 1.14 bits per heavy atom. The summed E-state index contributed by atoms with van der Waals surface area (Å²) in [6.45, 7) is 30.0. The molecular formula is C42H71N3O5. The predicted octanol–water partition coefficient (Wildman–Crippen LogP) is 10.5. The maximum Gasteiger partial charge on any atom is 0.0969 e. The Hall–Kier alpha value is -2.75. The summed E-state index contributed by atoms with van der Waals surface area (Å²) < 4.78 is 27.0. The molecule has 3 aromatic rings. The molecule has 8 nitrogen and oxygen atoms in total. The Morgan fingerprint density at radius 3 is 1.56 bits per heavy atom. The van der Waals surface area contributed by atoms with E-state index < -0.39 is 0 Å². The van der Waals surface area contributed by atoms with Crippen molar-refractivity contribution in [1.82, 2.24) is 15.0 Å². The summed E-state index contributed by atoms with van der Waals surface area (Å²) in [5.74, 6) is 1.58. The van der Waals surface area contributed by atoms with E-state index >= 15 is 0 Å². The van der Waals surface area contributed by atoms with Crippen LogP contribution in [0, 0.1) is 11.8 Å². The first-order valence-electron chi connectivity index (χ1n) is 18.5. The van der Waals surface area contributed by atoms with Crippen molar-refractivity contribution >= 4 is 0 Å². The average molecular weight is 698 g/mol. The molecule has 0 aliphatic heterocycles. The van der Waals surface area contributed by atoms with Gasteiger partial charge < -0.3 is 23.7 Å². The molecule has 1 unspecified atom stereocenters. The van der Waals surface area contributed by atoms with E-state index in [1.807, 2.05) is 97.1 Å². The van der Waals surface area contributed by atoms with E-state index in [1.165, 1.54) is 18.4 Å². The van der Waals surface area contributed by atoms with Gasteiger partial charge in [0.2, 0.25) is 0 Å². The molecule has 8 heteroatoms. The van der Waals surface area contributed by atoms with Gasteiger partial charge in [0.25, 0.3) is 0 Å². The first-order chi connectivity index (χ1) is 23.7. The van der Waals surface area contributed by atoms with Crippen LogP contribution in [-0.2, 0) is 36.9 Å². The summed E-state index contributed by atoms with van der Waals surface area (Å²) in [7, 11) is 0. The van der Waals surface area contributed by atoms with Crippen molar-refractivity contribution < 1.29 is 23.7 Å². The van der Waals surface area contributed by atoms with Crippen LogP contribution in [-0.4, -0.2) is 58.7 Å². The second-order valence-electron chi connectivity index (χ2n) is 14.1. The fraction of sp³-hybridized carbons (Fsp3) is 0.643. The number of nitrogens with zero attached hydrogens (tertiary/aromatic N) is 3. The van der Waals surface area contributed by atoms with Crippen LogP contribution in [0.5, 0.6) is 0 Å². The second-order valence-corrected chi connectivity index (χ2v) is 14.1. The van der Waals surface area contributed by atoms with Crippen molar-refractivity contribution in [1.29, 1.82) is 0 Å². The molecule has 0 amide bonds. The number of aromatic nitrogens is 3. The van der Waals surface area contributed by atoms with Gasteiger partial charge in [-0.15, -0.1) is 0 Å². The third kappa shape index (κ3) is 32.5. The van der Waals surface area contributed by atoms with Gasteiger partial charge >= 0.3 is 0 Å². The molecule has 0 spiro atoms. The molecule has 3 heterocycles. The summed E-state index contributed by atoms with van der Waals surface area (Å²) in [4.78, 5) is 12.1. The smallest absolute Gasteiger partial charge is 0.0969 e. The highest BCUT2D eigenvalue weighted by molar-refractivity contribution is 5.08. The van der Waals surface area contributed by atoms with Crippen molar-refractivity contribution in [2.24, 2.45) is 11.8 Å². The van der Waals surface area contributed by atoms with Gasteiger partial charge in [-0.3, -0.25) is 15.0 Å². The molecule has 1 aliphatic rings. The van der Waals surface area contributed by atoms with E-state index in [4.69, 9.17) is 23.7 Å². The normalized spacial score (nSPS) is 12.8. The Kier molecular flexibility index (Phi) is 28.3. The van der Waals surface area contributed by atoms with Gasteiger partial charge in [0.15, 0.2) is 0 Å². The summed E-state index contributed by atoms with van der Waals surface area (Å²) >= 11 is 0. The molecular weight excluding hydrogens is 626 g/mol. The van der Waals surface area contributed by atoms with E-state index in [0.29, 0.717) is 37.4 Å². The highest BCUT2D eigenvalue weighted by atomic mass is 16.5. The summed E-state index contributed by atoms with van der Waals surface area (Å²) in [6.07, 6.45) is 13.5. The largest absolute Gasteiger partial charge is 0.379 e. The van der Waals surface area contributed by atoms with Crippen LogP contribution in [0.1, 0.15) is 126 Å². The molecule has 0 radical (unpaired) electrons. The van der Waals surface area contributed by atoms with Crippen molar-refractivity contribution in [2.75, 3.05) is 13.2 Å². The van der Waals surface area contributed by atoms with Gasteiger partial charge in [-0.05, 0) is 142 Å². The molecule has 1 aliphatic carbocycles. The molecule has 3 aromatic heterocycles. The SMILES string of the molecule is CC(C)COC(C)C.CC(C)OC(C)c1ccccn1.CC(C)OCC1CC1.CC(C)OCc1cccnc1.CC(C)OCc1ccncc1. The van der Waals surface area contributed by atoms with Gasteiger partial charge in [-0.1, -0.05) is 26.0 Å². The minimum Gasteiger partial charge on any atom is -0.379 e. The zero-order valence-electron chi connectivity index (χ0n) is 33.7. The Labute approximate surface area is 306 Å². The van der Waals surface area contributed by atoms with Crippen LogP contribution >= 0.6 is 0 Å². The van der Waals surface area contributed by atoms with Crippen LogP contribution in [0.2, 0.25) is 0 Å². The quantitative estimate of drug-likeness (QED) is 0.155. The van der Waals surface area contributed by atoms with Gasteiger partial charge in [0, 0.05) is 44.2 Å². The maximum atomic E-state index is 5.57. The van der Waals surface area contributed by atoms with E-state index in [1.54, 1.807) is 24.8 Å². The third-order valence-electron chi connectivity index (χ3n) is 6.34. The number of rotatable bonds is 15. The van der Waals surface area contributed by atoms with Crippen LogP contribution < -0.4 is 0 Å². The molecule has 1 fully saturated rings. The third-order valence-corrected chi connectivity index (χ3v) is 6.34. The minimum atomic E-state index is 0.0891. The molecule has 284 valence electrons. The predicted molar refractivity (Wildman–Crippen MR) is 207 cm³/mol. The zero-order valence-corrected chi connectivity index (χ0v) is 33.7. The van der Waals surface area contributed by atoms with Gasteiger partial charge in [0.05, 0.1) is 55.5 Å². The van der Waals surface area contributed by atoms with Gasteiger partial charge in [-0.25, -0.2) is 0 Å². The van der Waals surface area contributed by atoms with E-state index in [2.05, 4.69) is 56.5 Å². The van der Waals surface area contributed by atoms with Crippen LogP contribution in [0.15, 0.2) is 73.4 Å². The van der Waals surface area contributed by atoms with E-state index in [0.717, 1.165) is 30.4 Å². The van der Waals surface area contributed by atoms with Crippen LogP contribution in [0.3, 0.4) is 0 Å². The Morgan fingerprint density at radius 1 is 0.560 bits per heavy atom. The van der Waals surface area contributed by atoms with E-state index in [9.17, 15) is 0 Å². The lowest BCUT2D eigenvalue weighted by atomic mass is 10.2. The van der Waals surface area contributed by atoms with Gasteiger partial charge in [0.1, 0.15) is 0 Å². The summed E-state index contributed by atoms with van der Waals surface area (Å²) in [5, 5.41) is 0. The minimum absolute atomic E-state index is 0.0891. The molecule has 1 saturated carbocycles. The highest BCUT2D eigenvalue weighted by Crippen LogP contribution is 2.29. The molecule has 4 rings (SSSR count). The first-order valence-corrected chi connectivity index (χ1v) is 18.5. The summed E-state index contributed by atoms with van der Waals surface area (Å²) in [5.41, 5.74) is 3.29. The van der Waals surface area contributed by atoms with E-state index in [-0.39, 0.29) is 18.3 Å². The van der Waals surface area contributed by atoms with Crippen molar-refractivity contribution in [3.63, 3.8) is 0 Å². The average Bonchev–Trinajstić information content (AvgIpc) is 3.92. The first kappa shape index (κ1) is 47.2. The molecule has 50 heavy (non-hydrogen) atoms. The molecule has 0 aromatic carbocycles. The lowest BCUT2D eigenvalue weighted by Crippen LogP contribution is -2.08. The van der Waals surface area contributed by atoms with Crippen molar-refractivity contribution in [3.05, 3.63) is 90.3 Å². The number of hydrogen-bond acceptors (Lipinski definition) is 8. The molecule has 0 N–H and O–H groups in total. The Bertz CT molecular complexity index is 1060. The van der Waals surface area contributed by atoms with Crippen molar-refractivity contribution in [3.8, 4) is 0 Å². The second kappa shape index (κ2) is 29.9. The fourth-order valence-electron chi connectivity index (χ4n) is 3.58. The highest BCUT2D eigenvalue weighted by Gasteiger charge is 2.21. The molecule has 0 bridgehead atoms. The topological polar surface area (TPSA) is 84.8 Å².